The highest BCUT2D eigenvalue weighted by atomic mass is 16.5. The van der Waals surface area contributed by atoms with Gasteiger partial charge in [0.1, 0.15) is 5.75 Å². The molecule has 1 aromatic carbocycles. The van der Waals surface area contributed by atoms with Crippen LogP contribution in [0.5, 0.6) is 5.75 Å². The van der Waals surface area contributed by atoms with Crippen molar-refractivity contribution in [1.29, 1.82) is 0 Å². The lowest BCUT2D eigenvalue weighted by molar-refractivity contribution is -0.118. The molecule has 0 spiro atoms. The van der Waals surface area contributed by atoms with Crippen molar-refractivity contribution in [3.05, 3.63) is 24.3 Å². The maximum atomic E-state index is 11.7. The summed E-state index contributed by atoms with van der Waals surface area (Å²) in [5.74, 6) is 0.504. The minimum Gasteiger partial charge on any atom is -0.497 e. The summed E-state index contributed by atoms with van der Waals surface area (Å²) in [7, 11) is 1.60. The second kappa shape index (κ2) is 8.96. The first-order chi connectivity index (χ1) is 9.61. The monoisotopic (exact) mass is 278 g/mol. The van der Waals surface area contributed by atoms with Crippen molar-refractivity contribution in [2.75, 3.05) is 12.4 Å². The Balaban J connectivity index is 2.15. The zero-order valence-electron chi connectivity index (χ0n) is 11.9. The number of carbonyl (C=O) groups is 2. The summed E-state index contributed by atoms with van der Waals surface area (Å²) in [6.07, 6.45) is 4.40. The zero-order valence-corrected chi connectivity index (χ0v) is 11.9. The maximum Gasteiger partial charge on any atom is 0.224 e. The van der Waals surface area contributed by atoms with Gasteiger partial charge in [-0.2, -0.15) is 0 Å². The van der Waals surface area contributed by atoms with Gasteiger partial charge in [0.15, 0.2) is 0 Å². The van der Waals surface area contributed by atoms with E-state index in [1.54, 1.807) is 19.2 Å². The molecule has 5 heteroatoms. The quantitative estimate of drug-likeness (QED) is 0.681. The SMILES string of the molecule is COc1ccc(NC(=O)CCCCCCC(N)=O)cc1. The number of ether oxygens (including phenoxy) is 1. The van der Waals surface area contributed by atoms with Crippen molar-refractivity contribution in [2.24, 2.45) is 5.73 Å². The standard InChI is InChI=1S/C15H22N2O3/c1-20-13-10-8-12(9-11-13)17-15(19)7-5-3-2-4-6-14(16)18/h8-11H,2-7H2,1H3,(H2,16,18)(H,17,19). The van der Waals surface area contributed by atoms with Crippen molar-refractivity contribution in [1.82, 2.24) is 0 Å². The second-order valence-corrected chi connectivity index (χ2v) is 4.66. The normalized spacial score (nSPS) is 10.1. The number of amides is 2. The number of unbranched alkanes of at least 4 members (excludes halogenated alkanes) is 3. The molecule has 1 rings (SSSR count). The lowest BCUT2D eigenvalue weighted by Gasteiger charge is -2.06. The van der Waals surface area contributed by atoms with Crippen LogP contribution in [-0.4, -0.2) is 18.9 Å². The van der Waals surface area contributed by atoms with Gasteiger partial charge in [-0.05, 0) is 37.1 Å². The second-order valence-electron chi connectivity index (χ2n) is 4.66. The molecular weight excluding hydrogens is 256 g/mol. The smallest absolute Gasteiger partial charge is 0.224 e. The molecular formula is C15H22N2O3. The summed E-state index contributed by atoms with van der Waals surface area (Å²) in [6.45, 7) is 0. The van der Waals surface area contributed by atoms with Crippen LogP contribution in [-0.2, 0) is 9.59 Å². The molecule has 0 bridgehead atoms. The van der Waals surface area contributed by atoms with Gasteiger partial charge in [-0.1, -0.05) is 12.8 Å². The van der Waals surface area contributed by atoms with E-state index >= 15 is 0 Å². The summed E-state index contributed by atoms with van der Waals surface area (Å²) in [5, 5.41) is 2.83. The molecule has 0 aromatic heterocycles. The molecule has 0 radical (unpaired) electrons. The van der Waals surface area contributed by atoms with Crippen molar-refractivity contribution >= 4 is 17.5 Å². The summed E-state index contributed by atoms with van der Waals surface area (Å²) in [6, 6.07) is 7.23. The van der Waals surface area contributed by atoms with E-state index in [1.807, 2.05) is 12.1 Å². The van der Waals surface area contributed by atoms with Crippen LogP contribution in [0.1, 0.15) is 38.5 Å². The largest absolute Gasteiger partial charge is 0.497 e. The summed E-state index contributed by atoms with van der Waals surface area (Å²) in [4.78, 5) is 22.2. The molecule has 0 aliphatic heterocycles. The molecule has 110 valence electrons. The van der Waals surface area contributed by atoms with Gasteiger partial charge in [-0.25, -0.2) is 0 Å². The molecule has 1 aromatic rings. The number of hydrogen-bond acceptors (Lipinski definition) is 3. The fourth-order valence-electron chi connectivity index (χ4n) is 1.84. The molecule has 0 aliphatic carbocycles. The third kappa shape index (κ3) is 6.78. The van der Waals surface area contributed by atoms with Gasteiger partial charge in [0.25, 0.3) is 0 Å². The molecule has 0 saturated heterocycles. The van der Waals surface area contributed by atoms with Crippen LogP contribution in [0.15, 0.2) is 24.3 Å². The number of nitrogens with two attached hydrogens (primary N) is 1. The van der Waals surface area contributed by atoms with Gasteiger partial charge < -0.3 is 15.8 Å². The first kappa shape index (κ1) is 16.0. The average molecular weight is 278 g/mol. The highest BCUT2D eigenvalue weighted by Crippen LogP contribution is 2.15. The van der Waals surface area contributed by atoms with E-state index in [4.69, 9.17) is 10.5 Å². The highest BCUT2D eigenvalue weighted by Gasteiger charge is 2.03. The van der Waals surface area contributed by atoms with Crippen LogP contribution in [0.3, 0.4) is 0 Å². The molecule has 2 amide bonds. The van der Waals surface area contributed by atoms with Gasteiger partial charge in [0.05, 0.1) is 7.11 Å². The fraction of sp³-hybridized carbons (Fsp3) is 0.467. The molecule has 0 saturated carbocycles. The van der Waals surface area contributed by atoms with Crippen molar-refractivity contribution in [2.45, 2.75) is 38.5 Å². The highest BCUT2D eigenvalue weighted by molar-refractivity contribution is 5.90. The first-order valence-electron chi connectivity index (χ1n) is 6.84. The Bertz CT molecular complexity index is 429. The Kier molecular flexibility index (Phi) is 7.17. The minimum absolute atomic E-state index is 0.00469. The number of primary amides is 1. The van der Waals surface area contributed by atoms with E-state index in [0.29, 0.717) is 12.8 Å². The van der Waals surface area contributed by atoms with Crippen LogP contribution in [0.4, 0.5) is 5.69 Å². The molecule has 0 aliphatic rings. The zero-order chi connectivity index (χ0) is 14.8. The number of benzene rings is 1. The number of anilines is 1. The fourth-order valence-corrected chi connectivity index (χ4v) is 1.84. The van der Waals surface area contributed by atoms with Gasteiger partial charge in [0.2, 0.25) is 11.8 Å². The van der Waals surface area contributed by atoms with Crippen LogP contribution < -0.4 is 15.8 Å². The molecule has 0 atom stereocenters. The van der Waals surface area contributed by atoms with Gasteiger partial charge >= 0.3 is 0 Å². The summed E-state index contributed by atoms with van der Waals surface area (Å²) >= 11 is 0. The molecule has 20 heavy (non-hydrogen) atoms. The number of carbonyl (C=O) groups excluding carboxylic acids is 2. The van der Waals surface area contributed by atoms with Gasteiger partial charge in [-0.15, -0.1) is 0 Å². The van der Waals surface area contributed by atoms with Crippen LogP contribution >= 0.6 is 0 Å². The number of nitrogens with one attached hydrogen (secondary N) is 1. The third-order valence-corrected chi connectivity index (χ3v) is 2.95. The van der Waals surface area contributed by atoms with Crippen molar-refractivity contribution < 1.29 is 14.3 Å². The van der Waals surface area contributed by atoms with Crippen LogP contribution in [0, 0.1) is 0 Å². The molecule has 3 N–H and O–H groups in total. The molecule has 0 unspecified atom stereocenters. The average Bonchev–Trinajstić information content (AvgIpc) is 2.43. The number of hydrogen-bond donors (Lipinski definition) is 2. The number of rotatable bonds is 9. The van der Waals surface area contributed by atoms with E-state index in [-0.39, 0.29) is 11.8 Å². The first-order valence-corrected chi connectivity index (χ1v) is 6.84. The Morgan fingerprint density at radius 3 is 2.20 bits per heavy atom. The van der Waals surface area contributed by atoms with E-state index in [2.05, 4.69) is 5.32 Å². The van der Waals surface area contributed by atoms with Crippen LogP contribution in [0.25, 0.3) is 0 Å². The predicted octanol–water partition coefficient (Wildman–Crippen LogP) is 2.46. The van der Waals surface area contributed by atoms with E-state index in [1.165, 1.54) is 0 Å². The third-order valence-electron chi connectivity index (χ3n) is 2.95. The van der Waals surface area contributed by atoms with Crippen molar-refractivity contribution in [3.8, 4) is 5.75 Å². The summed E-state index contributed by atoms with van der Waals surface area (Å²) < 4.78 is 5.05. The lowest BCUT2D eigenvalue weighted by Crippen LogP contribution is -2.11. The lowest BCUT2D eigenvalue weighted by atomic mass is 10.1. The summed E-state index contributed by atoms with van der Waals surface area (Å²) in [5.41, 5.74) is 5.82. The number of methoxy groups -OCH3 is 1. The Morgan fingerprint density at radius 2 is 1.65 bits per heavy atom. The van der Waals surface area contributed by atoms with E-state index in [0.717, 1.165) is 37.1 Å². The van der Waals surface area contributed by atoms with Crippen LogP contribution in [0.2, 0.25) is 0 Å². The Hall–Kier alpha value is -2.04. The van der Waals surface area contributed by atoms with Gasteiger partial charge in [-0.3, -0.25) is 9.59 Å². The Morgan fingerprint density at radius 1 is 1.05 bits per heavy atom. The minimum atomic E-state index is -0.262. The topological polar surface area (TPSA) is 81.4 Å². The van der Waals surface area contributed by atoms with E-state index in [9.17, 15) is 9.59 Å². The maximum absolute atomic E-state index is 11.7. The Labute approximate surface area is 119 Å². The molecule has 0 heterocycles. The molecule has 0 fully saturated rings. The molecule has 5 nitrogen and oxygen atoms in total. The van der Waals surface area contributed by atoms with Gasteiger partial charge in [0, 0.05) is 18.5 Å². The van der Waals surface area contributed by atoms with E-state index < -0.39 is 0 Å². The predicted molar refractivity (Wildman–Crippen MR) is 78.5 cm³/mol. The van der Waals surface area contributed by atoms with Crippen molar-refractivity contribution in [3.63, 3.8) is 0 Å².